The van der Waals surface area contributed by atoms with Crippen LogP contribution in [0.2, 0.25) is 0 Å². The summed E-state index contributed by atoms with van der Waals surface area (Å²) < 4.78 is 32.8. The second kappa shape index (κ2) is 5.34. The van der Waals surface area contributed by atoms with Crippen LogP contribution in [0.1, 0.15) is 15.9 Å². The summed E-state index contributed by atoms with van der Waals surface area (Å²) in [5.74, 6) is 0.0838. The van der Waals surface area contributed by atoms with Crippen LogP contribution in [0.4, 0.5) is 5.69 Å². The van der Waals surface area contributed by atoms with Gasteiger partial charge in [0.2, 0.25) is 0 Å². The van der Waals surface area contributed by atoms with Crippen molar-refractivity contribution < 1.29 is 17.9 Å². The summed E-state index contributed by atoms with van der Waals surface area (Å²) >= 11 is 0. The molecule has 0 aromatic heterocycles. The zero-order chi connectivity index (χ0) is 15.7. The maximum atomic E-state index is 12.3. The zero-order valence-electron chi connectivity index (χ0n) is 11.8. The molecule has 1 N–H and O–H groups in total. The smallest absolute Gasteiger partial charge is 0.326 e. The molecule has 0 fully saturated rings. The Hall–Kier alpha value is -2.54. The third-order valence-corrected chi connectivity index (χ3v) is 4.76. The van der Waals surface area contributed by atoms with Crippen molar-refractivity contribution in [3.63, 3.8) is 0 Å². The number of benzene rings is 2. The predicted octanol–water partition coefficient (Wildman–Crippen LogP) is 1.69. The van der Waals surface area contributed by atoms with Crippen LogP contribution in [0, 0.1) is 0 Å². The molecule has 0 bridgehead atoms. The zero-order valence-corrected chi connectivity index (χ0v) is 12.6. The normalized spacial score (nSPS) is 15.9. The standard InChI is InChI=1S/C15H14N2O4S/c1-21-12-8-6-11(7-9-12)10-17-14-5-3-2-4-13(14)15(18)16-22(17,19)20/h2-9H,10H2,1H3,(H,16,18). The molecule has 0 unspecified atom stereocenters. The number of anilines is 1. The minimum absolute atomic E-state index is 0.129. The minimum Gasteiger partial charge on any atom is -0.497 e. The van der Waals surface area contributed by atoms with Gasteiger partial charge in [-0.2, -0.15) is 8.42 Å². The van der Waals surface area contributed by atoms with Gasteiger partial charge >= 0.3 is 10.2 Å². The van der Waals surface area contributed by atoms with Crippen LogP contribution >= 0.6 is 0 Å². The van der Waals surface area contributed by atoms with Crippen LogP contribution in [-0.4, -0.2) is 21.4 Å². The number of methoxy groups -OCH3 is 1. The Kier molecular flexibility index (Phi) is 3.50. The van der Waals surface area contributed by atoms with Crippen molar-refractivity contribution in [1.82, 2.24) is 4.72 Å². The number of para-hydroxylation sites is 1. The minimum atomic E-state index is -3.90. The number of amides is 1. The van der Waals surface area contributed by atoms with E-state index in [1.54, 1.807) is 55.6 Å². The van der Waals surface area contributed by atoms with Gasteiger partial charge in [-0.1, -0.05) is 24.3 Å². The average Bonchev–Trinajstić information content (AvgIpc) is 2.51. The first-order chi connectivity index (χ1) is 10.5. The van der Waals surface area contributed by atoms with Crippen LogP contribution in [0.3, 0.4) is 0 Å². The maximum absolute atomic E-state index is 12.3. The first kappa shape index (κ1) is 14.4. The van der Waals surface area contributed by atoms with Gasteiger partial charge in [-0.25, -0.2) is 9.03 Å². The van der Waals surface area contributed by atoms with Gasteiger partial charge in [0.05, 0.1) is 24.9 Å². The van der Waals surface area contributed by atoms with Crippen molar-refractivity contribution in [2.75, 3.05) is 11.4 Å². The molecular formula is C15H14N2O4S. The van der Waals surface area contributed by atoms with E-state index >= 15 is 0 Å². The topological polar surface area (TPSA) is 75.7 Å². The molecule has 7 heteroatoms. The van der Waals surface area contributed by atoms with Gasteiger partial charge in [-0.3, -0.25) is 4.79 Å². The maximum Gasteiger partial charge on any atom is 0.326 e. The molecule has 1 amide bonds. The van der Waals surface area contributed by atoms with Crippen molar-refractivity contribution >= 4 is 21.8 Å². The van der Waals surface area contributed by atoms with E-state index < -0.39 is 16.1 Å². The fourth-order valence-corrected chi connectivity index (χ4v) is 3.50. The highest BCUT2D eigenvalue weighted by Gasteiger charge is 2.33. The Labute approximate surface area is 128 Å². The lowest BCUT2D eigenvalue weighted by atomic mass is 10.1. The molecule has 0 atom stereocenters. The molecule has 1 aliphatic heterocycles. The Morgan fingerprint density at radius 1 is 1.09 bits per heavy atom. The third kappa shape index (κ3) is 2.50. The Morgan fingerprint density at radius 2 is 1.77 bits per heavy atom. The molecule has 3 rings (SSSR count). The predicted molar refractivity (Wildman–Crippen MR) is 82.0 cm³/mol. The van der Waals surface area contributed by atoms with Crippen molar-refractivity contribution in [3.8, 4) is 5.75 Å². The van der Waals surface area contributed by atoms with Gasteiger partial charge in [0.1, 0.15) is 5.75 Å². The molecule has 1 aliphatic rings. The van der Waals surface area contributed by atoms with E-state index in [9.17, 15) is 13.2 Å². The van der Waals surface area contributed by atoms with Gasteiger partial charge in [0, 0.05) is 0 Å². The van der Waals surface area contributed by atoms with Gasteiger partial charge in [-0.15, -0.1) is 0 Å². The Balaban J connectivity index is 2.00. The first-order valence-electron chi connectivity index (χ1n) is 6.58. The quantitative estimate of drug-likeness (QED) is 0.934. The van der Waals surface area contributed by atoms with Crippen LogP contribution in [0.25, 0.3) is 0 Å². The largest absolute Gasteiger partial charge is 0.497 e. The second-order valence-electron chi connectivity index (χ2n) is 4.81. The fraction of sp³-hybridized carbons (Fsp3) is 0.133. The molecule has 0 saturated heterocycles. The number of carbonyl (C=O) groups excluding carboxylic acids is 1. The van der Waals surface area contributed by atoms with E-state index in [1.165, 1.54) is 4.31 Å². The molecule has 0 saturated carbocycles. The van der Waals surface area contributed by atoms with Crippen molar-refractivity contribution in [2.24, 2.45) is 0 Å². The van der Waals surface area contributed by atoms with Gasteiger partial charge in [0.25, 0.3) is 5.91 Å². The monoisotopic (exact) mass is 318 g/mol. The lowest BCUT2D eigenvalue weighted by Crippen LogP contribution is -2.48. The lowest BCUT2D eigenvalue weighted by molar-refractivity contribution is 0.0979. The summed E-state index contributed by atoms with van der Waals surface area (Å²) in [6, 6.07) is 13.7. The van der Waals surface area contributed by atoms with Crippen LogP contribution < -0.4 is 13.8 Å². The number of nitrogens with one attached hydrogen (secondary N) is 1. The highest BCUT2D eigenvalue weighted by molar-refractivity contribution is 7.91. The molecule has 114 valence electrons. The van der Waals surface area contributed by atoms with Crippen molar-refractivity contribution in [1.29, 1.82) is 0 Å². The number of rotatable bonds is 3. The van der Waals surface area contributed by atoms with Gasteiger partial charge < -0.3 is 4.74 Å². The average molecular weight is 318 g/mol. The summed E-state index contributed by atoms with van der Waals surface area (Å²) in [6.07, 6.45) is 0. The summed E-state index contributed by atoms with van der Waals surface area (Å²) in [5.41, 5.74) is 1.50. The van der Waals surface area contributed by atoms with Gasteiger partial charge in [-0.05, 0) is 29.8 Å². The molecule has 2 aromatic rings. The van der Waals surface area contributed by atoms with E-state index in [4.69, 9.17) is 4.74 Å². The van der Waals surface area contributed by atoms with Crippen LogP contribution in [0.5, 0.6) is 5.75 Å². The Morgan fingerprint density at radius 3 is 2.45 bits per heavy atom. The molecular weight excluding hydrogens is 304 g/mol. The van der Waals surface area contributed by atoms with Gasteiger partial charge in [0.15, 0.2) is 0 Å². The fourth-order valence-electron chi connectivity index (χ4n) is 2.31. The van der Waals surface area contributed by atoms with Crippen molar-refractivity contribution in [2.45, 2.75) is 6.54 Å². The third-order valence-electron chi connectivity index (χ3n) is 3.41. The lowest BCUT2D eigenvalue weighted by Gasteiger charge is -2.30. The molecule has 0 radical (unpaired) electrons. The molecule has 1 heterocycles. The number of carbonyl (C=O) groups is 1. The first-order valence-corrected chi connectivity index (χ1v) is 8.02. The van der Waals surface area contributed by atoms with E-state index in [0.717, 1.165) is 5.56 Å². The number of ether oxygens (including phenoxy) is 1. The summed E-state index contributed by atoms with van der Waals surface area (Å²) in [7, 11) is -2.33. The molecule has 0 aliphatic carbocycles. The molecule has 2 aromatic carbocycles. The Bertz CT molecular complexity index is 816. The molecule has 0 spiro atoms. The highest BCUT2D eigenvalue weighted by Crippen LogP contribution is 2.28. The summed E-state index contributed by atoms with van der Waals surface area (Å²) in [5, 5.41) is 0. The second-order valence-corrected chi connectivity index (χ2v) is 6.40. The van der Waals surface area contributed by atoms with E-state index in [0.29, 0.717) is 17.0 Å². The van der Waals surface area contributed by atoms with Crippen LogP contribution in [-0.2, 0) is 16.8 Å². The van der Waals surface area contributed by atoms with Crippen molar-refractivity contribution in [3.05, 3.63) is 59.7 Å². The number of hydrogen-bond donors (Lipinski definition) is 1. The SMILES string of the molecule is COc1ccc(CN2c3ccccc3C(=O)NS2(=O)=O)cc1. The molecule has 6 nitrogen and oxygen atoms in total. The molecule has 22 heavy (non-hydrogen) atoms. The van der Waals surface area contributed by atoms with E-state index in [-0.39, 0.29) is 6.54 Å². The van der Waals surface area contributed by atoms with Crippen LogP contribution in [0.15, 0.2) is 48.5 Å². The summed E-state index contributed by atoms with van der Waals surface area (Å²) in [6.45, 7) is 0.129. The number of hydrogen-bond acceptors (Lipinski definition) is 4. The number of fused-ring (bicyclic) bond motifs is 1. The number of nitrogens with zero attached hydrogens (tertiary/aromatic N) is 1. The van der Waals surface area contributed by atoms with E-state index in [1.807, 2.05) is 4.72 Å². The highest BCUT2D eigenvalue weighted by atomic mass is 32.2. The summed E-state index contributed by atoms with van der Waals surface area (Å²) in [4.78, 5) is 11.8. The van der Waals surface area contributed by atoms with E-state index in [2.05, 4.69) is 0 Å².